The van der Waals surface area contributed by atoms with Gasteiger partial charge in [-0.2, -0.15) is 0 Å². The fourth-order valence-corrected chi connectivity index (χ4v) is 3.38. The van der Waals surface area contributed by atoms with Crippen LogP contribution in [0, 0.1) is 0 Å². The van der Waals surface area contributed by atoms with E-state index in [1.54, 1.807) is 0 Å². The van der Waals surface area contributed by atoms with Crippen LogP contribution in [0.5, 0.6) is 0 Å². The second-order valence-electron chi connectivity index (χ2n) is 5.39. The van der Waals surface area contributed by atoms with Gasteiger partial charge in [0.15, 0.2) is 0 Å². The van der Waals surface area contributed by atoms with Gasteiger partial charge in [0.1, 0.15) is 0 Å². The van der Waals surface area contributed by atoms with E-state index in [-0.39, 0.29) is 0 Å². The van der Waals surface area contributed by atoms with E-state index in [2.05, 4.69) is 65.9 Å². The van der Waals surface area contributed by atoms with E-state index in [0.29, 0.717) is 0 Å². The van der Waals surface area contributed by atoms with Crippen molar-refractivity contribution in [1.82, 2.24) is 0 Å². The number of hydrogen-bond donors (Lipinski definition) is 2. The molecule has 1 fully saturated rings. The van der Waals surface area contributed by atoms with Gasteiger partial charge in [-0.3, -0.25) is 0 Å². The zero-order valence-corrected chi connectivity index (χ0v) is 15.3. The molecule has 22 heavy (non-hydrogen) atoms. The van der Waals surface area contributed by atoms with Gasteiger partial charge in [0.05, 0.1) is 0 Å². The Morgan fingerprint density at radius 2 is 1.05 bits per heavy atom. The number of anilines is 4. The fourth-order valence-electron chi connectivity index (χ4n) is 2.65. The largest absolute Gasteiger partial charge is 0.398 e. The average Bonchev–Trinajstić information content (AvgIpc) is 2.53. The van der Waals surface area contributed by atoms with E-state index in [1.807, 2.05) is 12.1 Å². The third kappa shape index (κ3) is 3.17. The molecule has 0 unspecified atom stereocenters. The summed E-state index contributed by atoms with van der Waals surface area (Å²) in [6.45, 7) is 3.94. The molecule has 2 aromatic rings. The summed E-state index contributed by atoms with van der Waals surface area (Å²) in [6, 6.07) is 12.2. The van der Waals surface area contributed by atoms with Gasteiger partial charge in [0.25, 0.3) is 0 Å². The Kier molecular flexibility index (Phi) is 4.49. The molecule has 0 aromatic heterocycles. The molecule has 0 saturated carbocycles. The molecule has 0 amide bonds. The smallest absolute Gasteiger partial charge is 0.0460 e. The molecule has 0 spiro atoms. The Labute approximate surface area is 147 Å². The van der Waals surface area contributed by atoms with Crippen LogP contribution in [0.1, 0.15) is 0 Å². The van der Waals surface area contributed by atoms with E-state index in [1.165, 1.54) is 11.4 Å². The highest BCUT2D eigenvalue weighted by Crippen LogP contribution is 2.29. The molecule has 0 atom stereocenters. The van der Waals surface area contributed by atoms with Crippen LogP contribution in [-0.4, -0.2) is 26.2 Å². The molecule has 1 aliphatic rings. The SMILES string of the molecule is Nc1ccc(N2CCN(c3ccc(N)c(Br)c3)CC2)cc1Br. The van der Waals surface area contributed by atoms with Crippen LogP contribution in [0.4, 0.5) is 22.7 Å². The highest BCUT2D eigenvalue weighted by atomic mass is 79.9. The number of nitrogens with two attached hydrogens (primary N) is 2. The van der Waals surface area contributed by atoms with Crippen molar-refractivity contribution in [3.8, 4) is 0 Å². The molecule has 4 N–H and O–H groups in total. The lowest BCUT2D eigenvalue weighted by Crippen LogP contribution is -2.46. The molecule has 3 rings (SSSR count). The van der Waals surface area contributed by atoms with E-state index >= 15 is 0 Å². The van der Waals surface area contributed by atoms with Gasteiger partial charge in [-0.05, 0) is 68.3 Å². The topological polar surface area (TPSA) is 58.5 Å². The number of piperazine rings is 1. The van der Waals surface area contributed by atoms with E-state index in [4.69, 9.17) is 11.5 Å². The van der Waals surface area contributed by atoms with Crippen molar-refractivity contribution in [3.63, 3.8) is 0 Å². The summed E-state index contributed by atoms with van der Waals surface area (Å²) < 4.78 is 1.91. The molecule has 0 aliphatic carbocycles. The van der Waals surface area contributed by atoms with Crippen molar-refractivity contribution in [2.45, 2.75) is 0 Å². The summed E-state index contributed by atoms with van der Waals surface area (Å²) in [4.78, 5) is 4.76. The van der Waals surface area contributed by atoms with Crippen molar-refractivity contribution >= 4 is 54.6 Å². The van der Waals surface area contributed by atoms with E-state index in [0.717, 1.165) is 46.5 Å². The molecule has 4 nitrogen and oxygen atoms in total. The van der Waals surface area contributed by atoms with Crippen LogP contribution in [0.2, 0.25) is 0 Å². The molecule has 0 radical (unpaired) electrons. The molecular weight excluding hydrogens is 408 g/mol. The van der Waals surface area contributed by atoms with Gasteiger partial charge in [0.2, 0.25) is 0 Å². The van der Waals surface area contributed by atoms with Crippen LogP contribution < -0.4 is 21.3 Å². The highest BCUT2D eigenvalue weighted by Gasteiger charge is 2.18. The number of rotatable bonds is 2. The Balaban J connectivity index is 1.69. The van der Waals surface area contributed by atoms with Crippen LogP contribution in [0.25, 0.3) is 0 Å². The third-order valence-corrected chi connectivity index (χ3v) is 5.35. The minimum atomic E-state index is 0.772. The van der Waals surface area contributed by atoms with Crippen molar-refractivity contribution in [2.24, 2.45) is 0 Å². The molecule has 6 heteroatoms. The summed E-state index contributed by atoms with van der Waals surface area (Å²) in [5, 5.41) is 0. The lowest BCUT2D eigenvalue weighted by atomic mass is 10.2. The van der Waals surface area contributed by atoms with Gasteiger partial charge in [-0.1, -0.05) is 0 Å². The maximum absolute atomic E-state index is 5.85. The standard InChI is InChI=1S/C16H18Br2N4/c17-13-9-11(1-3-15(13)19)21-5-7-22(8-6-21)12-2-4-16(20)14(18)10-12/h1-4,9-10H,5-8,19-20H2. The number of halogens is 2. The Bertz CT molecular complexity index is 622. The second-order valence-corrected chi connectivity index (χ2v) is 7.09. The van der Waals surface area contributed by atoms with Crippen molar-refractivity contribution in [2.75, 3.05) is 47.4 Å². The van der Waals surface area contributed by atoms with E-state index in [9.17, 15) is 0 Å². The highest BCUT2D eigenvalue weighted by molar-refractivity contribution is 9.11. The van der Waals surface area contributed by atoms with Gasteiger partial charge in [-0.15, -0.1) is 0 Å². The Morgan fingerprint density at radius 3 is 1.36 bits per heavy atom. The molecule has 0 bridgehead atoms. The first-order valence-corrected chi connectivity index (χ1v) is 8.73. The fraction of sp³-hybridized carbons (Fsp3) is 0.250. The normalized spacial score (nSPS) is 15.2. The monoisotopic (exact) mass is 424 g/mol. The average molecular weight is 426 g/mol. The van der Waals surface area contributed by atoms with Gasteiger partial charge in [0, 0.05) is 57.9 Å². The van der Waals surface area contributed by atoms with Crippen LogP contribution in [0.3, 0.4) is 0 Å². The summed E-state index contributed by atoms with van der Waals surface area (Å²) in [6.07, 6.45) is 0. The zero-order valence-electron chi connectivity index (χ0n) is 12.1. The number of nitrogen functional groups attached to an aromatic ring is 2. The first-order chi connectivity index (χ1) is 10.5. The number of hydrogen-bond acceptors (Lipinski definition) is 4. The Morgan fingerprint density at radius 1 is 0.682 bits per heavy atom. The first-order valence-electron chi connectivity index (χ1n) is 7.14. The molecule has 1 heterocycles. The van der Waals surface area contributed by atoms with Crippen molar-refractivity contribution in [1.29, 1.82) is 0 Å². The van der Waals surface area contributed by atoms with Gasteiger partial charge >= 0.3 is 0 Å². The van der Waals surface area contributed by atoms with Crippen LogP contribution >= 0.6 is 31.9 Å². The molecule has 1 saturated heterocycles. The van der Waals surface area contributed by atoms with Crippen molar-refractivity contribution in [3.05, 3.63) is 45.3 Å². The molecule has 1 aliphatic heterocycles. The predicted molar refractivity (Wildman–Crippen MR) is 102 cm³/mol. The quantitative estimate of drug-likeness (QED) is 0.720. The molecule has 116 valence electrons. The van der Waals surface area contributed by atoms with E-state index < -0.39 is 0 Å². The van der Waals surface area contributed by atoms with Crippen LogP contribution in [0.15, 0.2) is 45.3 Å². The lowest BCUT2D eigenvalue weighted by Gasteiger charge is -2.37. The summed E-state index contributed by atoms with van der Waals surface area (Å²) in [7, 11) is 0. The minimum Gasteiger partial charge on any atom is -0.398 e. The summed E-state index contributed by atoms with van der Waals surface area (Å²) in [5.74, 6) is 0. The third-order valence-electron chi connectivity index (χ3n) is 3.98. The maximum Gasteiger partial charge on any atom is 0.0460 e. The molecule has 2 aromatic carbocycles. The second kappa shape index (κ2) is 6.38. The first kappa shape index (κ1) is 15.5. The van der Waals surface area contributed by atoms with Gasteiger partial charge in [-0.25, -0.2) is 0 Å². The molecular formula is C16H18Br2N4. The van der Waals surface area contributed by atoms with Gasteiger partial charge < -0.3 is 21.3 Å². The Hall–Kier alpha value is -1.40. The number of nitrogens with zero attached hydrogens (tertiary/aromatic N) is 2. The summed E-state index contributed by atoms with van der Waals surface area (Å²) >= 11 is 6.99. The predicted octanol–water partition coefficient (Wildman–Crippen LogP) is 3.70. The van der Waals surface area contributed by atoms with Crippen LogP contribution in [-0.2, 0) is 0 Å². The lowest BCUT2D eigenvalue weighted by molar-refractivity contribution is 0.653. The zero-order chi connectivity index (χ0) is 15.7. The minimum absolute atomic E-state index is 0.772. The maximum atomic E-state index is 5.85. The summed E-state index contributed by atoms with van der Waals surface area (Å²) in [5.41, 5.74) is 15.7. The van der Waals surface area contributed by atoms with Crippen molar-refractivity contribution < 1.29 is 0 Å². The number of benzene rings is 2.